The van der Waals surface area contributed by atoms with E-state index in [0.29, 0.717) is 0 Å². The summed E-state index contributed by atoms with van der Waals surface area (Å²) < 4.78 is 24.2. The van der Waals surface area contributed by atoms with Gasteiger partial charge in [-0.15, -0.1) is 0 Å². The highest BCUT2D eigenvalue weighted by atomic mass is 32.2. The number of hydrogen-bond donors (Lipinski definition) is 2. The first-order valence-electron chi connectivity index (χ1n) is 6.43. The maximum atomic E-state index is 12.1. The lowest BCUT2D eigenvalue weighted by Crippen LogP contribution is -2.23. The maximum Gasteiger partial charge on any atom is 0.154 e. The molecular formula is C14H20O4S. The van der Waals surface area contributed by atoms with Crippen molar-refractivity contribution in [2.45, 2.75) is 25.0 Å². The van der Waals surface area contributed by atoms with Crippen LogP contribution in [0.5, 0.6) is 0 Å². The predicted molar refractivity (Wildman–Crippen MR) is 73.8 cm³/mol. The van der Waals surface area contributed by atoms with E-state index in [9.17, 15) is 18.6 Å². The van der Waals surface area contributed by atoms with Crippen molar-refractivity contribution in [1.29, 1.82) is 0 Å². The molecule has 0 aromatic heterocycles. The molecule has 1 aromatic carbocycles. The summed E-state index contributed by atoms with van der Waals surface area (Å²) in [7, 11) is -3.28. The zero-order valence-corrected chi connectivity index (χ0v) is 12.0. The molecule has 1 aliphatic carbocycles. The molecule has 0 heterocycles. The van der Waals surface area contributed by atoms with E-state index < -0.39 is 20.5 Å². The van der Waals surface area contributed by atoms with E-state index in [2.05, 4.69) is 0 Å². The molecule has 1 aromatic rings. The standard InChI is InChI=1S/C14H20O4S/c1-3-19(17,18)13-12(14(13,8-15)9-16)11-6-4-10(2)5-7-11/h4-7,12-13,15-16H,3,8-9H2,1-2H3/t12-,13+/m1/s1. The van der Waals surface area contributed by atoms with Crippen molar-refractivity contribution < 1.29 is 18.6 Å². The number of sulfone groups is 1. The molecule has 1 aliphatic rings. The molecule has 19 heavy (non-hydrogen) atoms. The second kappa shape index (κ2) is 4.89. The molecule has 2 atom stereocenters. The number of aryl methyl sites for hydroxylation is 1. The first-order valence-corrected chi connectivity index (χ1v) is 8.14. The largest absolute Gasteiger partial charge is 0.396 e. The third-order valence-electron chi connectivity index (χ3n) is 4.19. The average molecular weight is 284 g/mol. The third-order valence-corrected chi connectivity index (χ3v) is 6.51. The molecule has 0 aliphatic heterocycles. The molecule has 106 valence electrons. The van der Waals surface area contributed by atoms with Crippen molar-refractivity contribution in [3.05, 3.63) is 35.4 Å². The molecule has 0 saturated heterocycles. The van der Waals surface area contributed by atoms with E-state index >= 15 is 0 Å². The molecule has 1 saturated carbocycles. The van der Waals surface area contributed by atoms with Gasteiger partial charge in [-0.3, -0.25) is 0 Å². The number of benzene rings is 1. The molecule has 2 N–H and O–H groups in total. The first-order chi connectivity index (χ1) is 8.93. The number of aliphatic hydroxyl groups is 2. The molecule has 0 spiro atoms. The van der Waals surface area contributed by atoms with Crippen molar-refractivity contribution >= 4 is 9.84 Å². The lowest BCUT2D eigenvalue weighted by molar-refractivity contribution is 0.130. The van der Waals surface area contributed by atoms with Crippen LogP contribution in [-0.4, -0.2) is 42.8 Å². The van der Waals surface area contributed by atoms with Crippen LogP contribution in [-0.2, 0) is 9.84 Å². The number of hydrogen-bond acceptors (Lipinski definition) is 4. The van der Waals surface area contributed by atoms with Crippen molar-refractivity contribution in [2.24, 2.45) is 5.41 Å². The maximum absolute atomic E-state index is 12.1. The number of rotatable bonds is 5. The molecule has 5 heteroatoms. The Bertz CT molecular complexity index is 543. The minimum absolute atomic E-state index is 0.0295. The van der Waals surface area contributed by atoms with Crippen molar-refractivity contribution in [3.8, 4) is 0 Å². The van der Waals surface area contributed by atoms with Gasteiger partial charge in [-0.25, -0.2) is 8.42 Å². The van der Waals surface area contributed by atoms with Gasteiger partial charge in [-0.1, -0.05) is 36.8 Å². The second-order valence-corrected chi connectivity index (χ2v) is 7.72. The normalized spacial score (nSPS) is 25.3. The Hall–Kier alpha value is -0.910. The van der Waals surface area contributed by atoms with Gasteiger partial charge in [0.15, 0.2) is 9.84 Å². The highest BCUT2D eigenvalue weighted by molar-refractivity contribution is 7.92. The summed E-state index contributed by atoms with van der Waals surface area (Å²) in [5.41, 5.74) is 1.04. The topological polar surface area (TPSA) is 74.6 Å². The van der Waals surface area contributed by atoms with Gasteiger partial charge in [-0.05, 0) is 12.5 Å². The van der Waals surface area contributed by atoms with Gasteiger partial charge in [0.1, 0.15) is 0 Å². The van der Waals surface area contributed by atoms with Crippen LogP contribution in [0.25, 0.3) is 0 Å². The van der Waals surface area contributed by atoms with E-state index in [-0.39, 0.29) is 24.9 Å². The van der Waals surface area contributed by atoms with E-state index in [1.165, 1.54) is 0 Å². The van der Waals surface area contributed by atoms with E-state index in [4.69, 9.17) is 0 Å². The number of aliphatic hydroxyl groups excluding tert-OH is 2. The Balaban J connectivity index is 2.42. The molecule has 0 unspecified atom stereocenters. The SMILES string of the molecule is CCS(=O)(=O)[C@H]1[C@@H](c2ccc(C)cc2)C1(CO)CO. The fourth-order valence-electron chi connectivity index (χ4n) is 2.90. The zero-order chi connectivity index (χ0) is 14.3. The monoisotopic (exact) mass is 284 g/mol. The average Bonchev–Trinajstić information content (AvgIpc) is 3.10. The van der Waals surface area contributed by atoms with Gasteiger partial charge >= 0.3 is 0 Å². The fourth-order valence-corrected chi connectivity index (χ4v) is 5.04. The van der Waals surface area contributed by atoms with Crippen LogP contribution in [0, 0.1) is 12.3 Å². The Morgan fingerprint density at radius 1 is 1.16 bits per heavy atom. The third kappa shape index (κ3) is 2.20. The first kappa shape index (κ1) is 14.5. The smallest absolute Gasteiger partial charge is 0.154 e. The summed E-state index contributed by atoms with van der Waals surface area (Å²) in [6.07, 6.45) is 0. The summed E-state index contributed by atoms with van der Waals surface area (Å²) in [4.78, 5) is 0. The fraction of sp³-hybridized carbons (Fsp3) is 0.571. The Morgan fingerprint density at radius 3 is 2.11 bits per heavy atom. The van der Waals surface area contributed by atoms with Gasteiger partial charge in [0.2, 0.25) is 0 Å². The lowest BCUT2D eigenvalue weighted by Gasteiger charge is -2.10. The summed E-state index contributed by atoms with van der Waals surface area (Å²) in [6, 6.07) is 7.60. The van der Waals surface area contributed by atoms with Crippen molar-refractivity contribution in [2.75, 3.05) is 19.0 Å². The summed E-state index contributed by atoms with van der Waals surface area (Å²) >= 11 is 0. The Morgan fingerprint density at radius 2 is 1.68 bits per heavy atom. The van der Waals surface area contributed by atoms with Gasteiger partial charge in [-0.2, -0.15) is 0 Å². The van der Waals surface area contributed by atoms with Crippen LogP contribution < -0.4 is 0 Å². The van der Waals surface area contributed by atoms with Crippen LogP contribution in [0.3, 0.4) is 0 Å². The van der Waals surface area contributed by atoms with Gasteiger partial charge in [0.25, 0.3) is 0 Å². The van der Waals surface area contributed by atoms with Crippen LogP contribution in [0.2, 0.25) is 0 Å². The molecular weight excluding hydrogens is 264 g/mol. The summed E-state index contributed by atoms with van der Waals surface area (Å²) in [6.45, 7) is 2.93. The minimum Gasteiger partial charge on any atom is -0.396 e. The van der Waals surface area contributed by atoms with Gasteiger partial charge < -0.3 is 10.2 Å². The van der Waals surface area contributed by atoms with Crippen LogP contribution in [0.4, 0.5) is 0 Å². The molecule has 1 fully saturated rings. The molecule has 4 nitrogen and oxygen atoms in total. The van der Waals surface area contributed by atoms with Crippen LogP contribution in [0.1, 0.15) is 24.0 Å². The van der Waals surface area contributed by atoms with E-state index in [1.807, 2.05) is 31.2 Å². The van der Waals surface area contributed by atoms with Crippen molar-refractivity contribution in [3.63, 3.8) is 0 Å². The molecule has 2 rings (SSSR count). The second-order valence-electron chi connectivity index (χ2n) is 5.31. The summed E-state index contributed by atoms with van der Waals surface area (Å²) in [5.74, 6) is -0.282. The Labute approximate surface area is 114 Å². The van der Waals surface area contributed by atoms with Crippen LogP contribution >= 0.6 is 0 Å². The van der Waals surface area contributed by atoms with Gasteiger partial charge in [0, 0.05) is 17.1 Å². The predicted octanol–water partition coefficient (Wildman–Crippen LogP) is 0.867. The molecule has 0 radical (unpaired) electrons. The molecule has 0 bridgehead atoms. The van der Waals surface area contributed by atoms with E-state index in [0.717, 1.165) is 11.1 Å². The van der Waals surface area contributed by atoms with Crippen LogP contribution in [0.15, 0.2) is 24.3 Å². The highest BCUT2D eigenvalue weighted by Crippen LogP contribution is 2.62. The lowest BCUT2D eigenvalue weighted by atomic mass is 10.00. The quantitative estimate of drug-likeness (QED) is 0.841. The van der Waals surface area contributed by atoms with Crippen molar-refractivity contribution in [1.82, 2.24) is 0 Å². The minimum atomic E-state index is -3.28. The zero-order valence-electron chi connectivity index (χ0n) is 11.2. The highest BCUT2D eigenvalue weighted by Gasteiger charge is 2.69. The van der Waals surface area contributed by atoms with E-state index in [1.54, 1.807) is 6.92 Å². The summed E-state index contributed by atoms with van der Waals surface area (Å²) in [5, 5.41) is 18.4. The van der Waals surface area contributed by atoms with Gasteiger partial charge in [0.05, 0.1) is 18.5 Å². The Kier molecular flexibility index (Phi) is 3.73. The molecule has 0 amide bonds.